The van der Waals surface area contributed by atoms with E-state index in [1.165, 1.54) is 36.0 Å². The first kappa shape index (κ1) is 18.2. The van der Waals surface area contributed by atoms with E-state index in [1.54, 1.807) is 13.2 Å². The fourth-order valence-corrected chi connectivity index (χ4v) is 3.50. The van der Waals surface area contributed by atoms with Gasteiger partial charge < -0.3 is 10.1 Å². The Labute approximate surface area is 156 Å². The summed E-state index contributed by atoms with van der Waals surface area (Å²) in [6.07, 6.45) is 9.20. The molecule has 1 aliphatic rings. The first-order chi connectivity index (χ1) is 12.7. The lowest BCUT2D eigenvalue weighted by atomic mass is 9.89. The average Bonchev–Trinajstić information content (AvgIpc) is 2.70. The number of carbonyl (C=O) groups is 1. The van der Waals surface area contributed by atoms with Gasteiger partial charge in [-0.15, -0.1) is 0 Å². The number of aryl methyl sites for hydroxylation is 2. The molecule has 0 spiro atoms. The molecule has 1 atom stereocenters. The molecule has 3 rings (SSSR count). The van der Waals surface area contributed by atoms with Gasteiger partial charge in [-0.05, 0) is 72.6 Å². The van der Waals surface area contributed by atoms with Gasteiger partial charge in [0.2, 0.25) is 5.91 Å². The molecule has 0 saturated carbocycles. The minimum Gasteiger partial charge on any atom is -0.497 e. The summed E-state index contributed by atoms with van der Waals surface area (Å²) in [6.45, 7) is 2.11. The molecule has 1 N–H and O–H groups in total. The summed E-state index contributed by atoms with van der Waals surface area (Å²) in [4.78, 5) is 12.3. The Morgan fingerprint density at radius 1 is 1.12 bits per heavy atom. The van der Waals surface area contributed by atoms with E-state index in [4.69, 9.17) is 4.74 Å². The molecule has 26 heavy (non-hydrogen) atoms. The number of ether oxygens (including phenoxy) is 1. The predicted octanol–water partition coefficient (Wildman–Crippen LogP) is 4.85. The van der Waals surface area contributed by atoms with E-state index in [9.17, 15) is 4.79 Å². The Kier molecular flexibility index (Phi) is 6.11. The van der Waals surface area contributed by atoms with Crippen LogP contribution < -0.4 is 10.1 Å². The number of hydrogen-bond acceptors (Lipinski definition) is 2. The minimum absolute atomic E-state index is 0.0512. The van der Waals surface area contributed by atoms with Gasteiger partial charge in [0.05, 0.1) is 13.2 Å². The quantitative estimate of drug-likeness (QED) is 0.757. The first-order valence-electron chi connectivity index (χ1n) is 9.44. The first-order valence-corrected chi connectivity index (χ1v) is 9.44. The maximum Gasteiger partial charge on any atom is 0.244 e. The Morgan fingerprint density at radius 3 is 2.54 bits per heavy atom. The van der Waals surface area contributed by atoms with E-state index >= 15 is 0 Å². The van der Waals surface area contributed by atoms with Gasteiger partial charge in [-0.25, -0.2) is 0 Å². The highest BCUT2D eigenvalue weighted by atomic mass is 16.5. The van der Waals surface area contributed by atoms with Crippen LogP contribution in [0.2, 0.25) is 0 Å². The number of fused-ring (bicyclic) bond motifs is 1. The minimum atomic E-state index is -0.0645. The van der Waals surface area contributed by atoms with Crippen molar-refractivity contribution in [1.82, 2.24) is 5.32 Å². The van der Waals surface area contributed by atoms with Crippen LogP contribution in [0, 0.1) is 0 Å². The Hall–Kier alpha value is -2.55. The molecular formula is C23H27NO2. The van der Waals surface area contributed by atoms with Gasteiger partial charge in [0, 0.05) is 6.08 Å². The summed E-state index contributed by atoms with van der Waals surface area (Å²) >= 11 is 0. The van der Waals surface area contributed by atoms with Crippen molar-refractivity contribution in [2.75, 3.05) is 7.11 Å². The summed E-state index contributed by atoms with van der Waals surface area (Å²) in [6, 6.07) is 14.4. The molecule has 0 aliphatic heterocycles. The Bertz CT molecular complexity index is 777. The molecule has 0 unspecified atom stereocenters. The van der Waals surface area contributed by atoms with Crippen LogP contribution in [0.5, 0.6) is 5.75 Å². The molecule has 0 bridgehead atoms. The standard InChI is InChI=1S/C23H27NO2/c1-3-22(20-12-11-18-6-4-5-7-19(18)16-20)24-23(25)15-10-17-8-13-21(26-2)14-9-17/h8-16,22H,3-7H2,1-2H3,(H,24,25)/b15-10+/t22-/m1/s1. The molecule has 1 aliphatic carbocycles. The summed E-state index contributed by atoms with van der Waals surface area (Å²) in [5.41, 5.74) is 5.11. The average molecular weight is 349 g/mol. The molecule has 136 valence electrons. The summed E-state index contributed by atoms with van der Waals surface area (Å²) in [7, 11) is 1.64. The van der Waals surface area contributed by atoms with E-state index in [-0.39, 0.29) is 11.9 Å². The number of benzene rings is 2. The van der Waals surface area contributed by atoms with Crippen LogP contribution >= 0.6 is 0 Å². The zero-order chi connectivity index (χ0) is 18.4. The summed E-state index contributed by atoms with van der Waals surface area (Å²) in [5, 5.41) is 3.13. The zero-order valence-corrected chi connectivity index (χ0v) is 15.6. The third-order valence-electron chi connectivity index (χ3n) is 5.04. The van der Waals surface area contributed by atoms with E-state index in [2.05, 4.69) is 30.4 Å². The lowest BCUT2D eigenvalue weighted by Gasteiger charge is -2.21. The van der Waals surface area contributed by atoms with Crippen molar-refractivity contribution >= 4 is 12.0 Å². The third kappa shape index (κ3) is 4.54. The number of hydrogen-bond donors (Lipinski definition) is 1. The van der Waals surface area contributed by atoms with Crippen LogP contribution in [-0.4, -0.2) is 13.0 Å². The van der Waals surface area contributed by atoms with Crippen molar-refractivity contribution in [3.8, 4) is 5.75 Å². The van der Waals surface area contributed by atoms with Gasteiger partial charge in [-0.3, -0.25) is 4.79 Å². The molecule has 0 fully saturated rings. The molecule has 1 amide bonds. The van der Waals surface area contributed by atoms with Crippen molar-refractivity contribution in [3.05, 3.63) is 70.8 Å². The van der Waals surface area contributed by atoms with Crippen molar-refractivity contribution in [2.45, 2.75) is 45.1 Å². The van der Waals surface area contributed by atoms with Crippen molar-refractivity contribution in [3.63, 3.8) is 0 Å². The van der Waals surface area contributed by atoms with Crippen LogP contribution in [0.4, 0.5) is 0 Å². The number of nitrogens with one attached hydrogen (secondary N) is 1. The van der Waals surface area contributed by atoms with Gasteiger partial charge in [0.15, 0.2) is 0 Å². The predicted molar refractivity (Wildman–Crippen MR) is 106 cm³/mol. The van der Waals surface area contributed by atoms with E-state index in [0.717, 1.165) is 24.2 Å². The number of rotatable bonds is 6. The smallest absolute Gasteiger partial charge is 0.244 e. The summed E-state index contributed by atoms with van der Waals surface area (Å²) < 4.78 is 5.15. The number of carbonyl (C=O) groups excluding carboxylic acids is 1. The molecule has 3 heteroatoms. The Balaban J connectivity index is 1.65. The zero-order valence-electron chi connectivity index (χ0n) is 15.6. The van der Waals surface area contributed by atoms with Crippen molar-refractivity contribution in [1.29, 1.82) is 0 Å². The fourth-order valence-electron chi connectivity index (χ4n) is 3.50. The van der Waals surface area contributed by atoms with Gasteiger partial charge >= 0.3 is 0 Å². The number of amides is 1. The molecule has 0 aromatic heterocycles. The monoisotopic (exact) mass is 349 g/mol. The Morgan fingerprint density at radius 2 is 1.85 bits per heavy atom. The lowest BCUT2D eigenvalue weighted by Crippen LogP contribution is -2.26. The van der Waals surface area contributed by atoms with Crippen LogP contribution in [0.15, 0.2) is 48.5 Å². The molecule has 0 heterocycles. The fraction of sp³-hybridized carbons (Fsp3) is 0.348. The second kappa shape index (κ2) is 8.70. The highest BCUT2D eigenvalue weighted by Gasteiger charge is 2.15. The highest BCUT2D eigenvalue weighted by molar-refractivity contribution is 5.92. The second-order valence-corrected chi connectivity index (χ2v) is 6.81. The maximum atomic E-state index is 12.3. The molecule has 0 radical (unpaired) electrons. The summed E-state index contributed by atoms with van der Waals surface area (Å²) in [5.74, 6) is 0.746. The van der Waals surface area contributed by atoms with E-state index in [1.807, 2.05) is 30.3 Å². The number of methoxy groups -OCH3 is 1. The topological polar surface area (TPSA) is 38.3 Å². The van der Waals surface area contributed by atoms with Crippen LogP contribution in [0.3, 0.4) is 0 Å². The molecule has 0 saturated heterocycles. The maximum absolute atomic E-state index is 12.3. The largest absolute Gasteiger partial charge is 0.497 e. The third-order valence-corrected chi connectivity index (χ3v) is 5.04. The lowest BCUT2D eigenvalue weighted by molar-refractivity contribution is -0.117. The van der Waals surface area contributed by atoms with Gasteiger partial charge in [0.25, 0.3) is 0 Å². The van der Waals surface area contributed by atoms with Gasteiger partial charge in [-0.2, -0.15) is 0 Å². The van der Waals surface area contributed by atoms with Crippen LogP contribution in [0.1, 0.15) is 54.5 Å². The van der Waals surface area contributed by atoms with Crippen molar-refractivity contribution in [2.24, 2.45) is 0 Å². The van der Waals surface area contributed by atoms with Crippen LogP contribution in [-0.2, 0) is 17.6 Å². The van der Waals surface area contributed by atoms with Crippen molar-refractivity contribution < 1.29 is 9.53 Å². The molecular weight excluding hydrogens is 322 g/mol. The van der Waals surface area contributed by atoms with Gasteiger partial charge in [-0.1, -0.05) is 37.3 Å². The second-order valence-electron chi connectivity index (χ2n) is 6.81. The molecule has 3 nitrogen and oxygen atoms in total. The molecule has 2 aromatic rings. The van der Waals surface area contributed by atoms with Gasteiger partial charge in [0.1, 0.15) is 5.75 Å². The van der Waals surface area contributed by atoms with E-state index < -0.39 is 0 Å². The SMILES string of the molecule is CC[C@@H](NC(=O)/C=C/c1ccc(OC)cc1)c1ccc2c(c1)CCCC2. The van der Waals surface area contributed by atoms with Crippen LogP contribution in [0.25, 0.3) is 6.08 Å². The molecule has 2 aromatic carbocycles. The normalized spacial score (nSPS) is 14.7. The van der Waals surface area contributed by atoms with E-state index in [0.29, 0.717) is 0 Å². The highest BCUT2D eigenvalue weighted by Crippen LogP contribution is 2.26.